The van der Waals surface area contributed by atoms with Crippen LogP contribution in [0.25, 0.3) is 5.65 Å². The van der Waals surface area contributed by atoms with Crippen LogP contribution in [0.2, 0.25) is 0 Å². The van der Waals surface area contributed by atoms with Gasteiger partial charge in [-0.3, -0.25) is 0 Å². The average molecular weight is 309 g/mol. The number of thiophene rings is 1. The summed E-state index contributed by atoms with van der Waals surface area (Å²) in [4.78, 5) is 5.29. The first-order valence-electron chi connectivity index (χ1n) is 5.10. The molecule has 0 saturated heterocycles. The molecule has 0 aromatic carbocycles. The second kappa shape index (κ2) is 4.25. The Morgan fingerprint density at radius 2 is 2.24 bits per heavy atom. The first kappa shape index (κ1) is 11.0. The van der Waals surface area contributed by atoms with Gasteiger partial charge in [0.15, 0.2) is 0 Å². The molecule has 0 radical (unpaired) electrons. The lowest BCUT2D eigenvalue weighted by Gasteiger charge is -2.05. The molecule has 1 atom stereocenters. The van der Waals surface area contributed by atoms with Crippen molar-refractivity contribution in [1.29, 1.82) is 0 Å². The molecule has 3 aromatic heterocycles. The number of aromatic nitrogens is 2. The van der Waals surface area contributed by atoms with Crippen LogP contribution in [-0.4, -0.2) is 14.5 Å². The predicted molar refractivity (Wildman–Crippen MR) is 71.3 cm³/mol. The van der Waals surface area contributed by atoms with Gasteiger partial charge in [0.05, 0.1) is 10.6 Å². The maximum atomic E-state index is 10.3. The van der Waals surface area contributed by atoms with Crippen molar-refractivity contribution in [3.8, 4) is 0 Å². The summed E-state index contributed by atoms with van der Waals surface area (Å²) < 4.78 is 2.83. The van der Waals surface area contributed by atoms with Gasteiger partial charge in [-0.1, -0.05) is 6.07 Å². The lowest BCUT2D eigenvalue weighted by molar-refractivity contribution is 0.219. The molecule has 5 heteroatoms. The molecule has 0 saturated carbocycles. The van der Waals surface area contributed by atoms with Crippen molar-refractivity contribution >= 4 is 32.9 Å². The molecule has 86 valence electrons. The highest BCUT2D eigenvalue weighted by Gasteiger charge is 2.17. The summed E-state index contributed by atoms with van der Waals surface area (Å²) in [5, 5.41) is 12.2. The second-order valence-corrected chi connectivity index (χ2v) is 5.47. The van der Waals surface area contributed by atoms with E-state index in [1.165, 1.54) is 11.3 Å². The Hall–Kier alpha value is -1.17. The predicted octanol–water partition coefficient (Wildman–Crippen LogP) is 3.24. The van der Waals surface area contributed by atoms with Gasteiger partial charge in [-0.25, -0.2) is 4.98 Å². The van der Waals surface area contributed by atoms with Gasteiger partial charge in [0, 0.05) is 16.9 Å². The van der Waals surface area contributed by atoms with Crippen LogP contribution >= 0.6 is 27.3 Å². The summed E-state index contributed by atoms with van der Waals surface area (Å²) in [6.45, 7) is 0. The highest BCUT2D eigenvalue weighted by molar-refractivity contribution is 9.10. The maximum Gasteiger partial charge on any atom is 0.137 e. The topological polar surface area (TPSA) is 37.5 Å². The van der Waals surface area contributed by atoms with Crippen molar-refractivity contribution in [2.75, 3.05) is 0 Å². The average Bonchev–Trinajstić information content (AvgIpc) is 2.93. The summed E-state index contributed by atoms with van der Waals surface area (Å²) in [5.41, 5.74) is 1.51. The highest BCUT2D eigenvalue weighted by Crippen LogP contribution is 2.32. The van der Waals surface area contributed by atoms with Gasteiger partial charge in [-0.05, 0) is 39.5 Å². The van der Waals surface area contributed by atoms with Gasteiger partial charge in [0.25, 0.3) is 0 Å². The molecule has 3 aromatic rings. The number of fused-ring (bicyclic) bond motifs is 1. The molecule has 3 nitrogen and oxygen atoms in total. The first-order chi connectivity index (χ1) is 8.25. The van der Waals surface area contributed by atoms with E-state index in [0.717, 1.165) is 15.0 Å². The third-order valence-electron chi connectivity index (χ3n) is 2.56. The van der Waals surface area contributed by atoms with Gasteiger partial charge in [0.1, 0.15) is 11.8 Å². The van der Waals surface area contributed by atoms with E-state index in [0.29, 0.717) is 5.69 Å². The number of halogens is 1. The first-order valence-corrected chi connectivity index (χ1v) is 6.77. The van der Waals surface area contributed by atoms with Crippen molar-refractivity contribution in [3.05, 3.63) is 57.1 Å². The zero-order valence-electron chi connectivity index (χ0n) is 8.75. The van der Waals surface area contributed by atoms with Gasteiger partial charge in [-0.15, -0.1) is 11.3 Å². The number of aliphatic hydroxyl groups excluding tert-OH is 1. The fraction of sp³-hybridized carbons (Fsp3) is 0.0833. The Balaban J connectivity index is 2.07. The van der Waals surface area contributed by atoms with Crippen molar-refractivity contribution < 1.29 is 5.11 Å². The summed E-state index contributed by atoms with van der Waals surface area (Å²) in [6.07, 6.45) is 3.10. The van der Waals surface area contributed by atoms with E-state index in [1.54, 1.807) is 0 Å². The third kappa shape index (κ3) is 1.90. The quantitative estimate of drug-likeness (QED) is 0.789. The van der Waals surface area contributed by atoms with E-state index >= 15 is 0 Å². The van der Waals surface area contributed by atoms with E-state index in [-0.39, 0.29) is 0 Å². The molecule has 0 aliphatic rings. The zero-order valence-corrected chi connectivity index (χ0v) is 11.1. The van der Waals surface area contributed by atoms with E-state index in [4.69, 9.17) is 0 Å². The van der Waals surface area contributed by atoms with E-state index in [9.17, 15) is 5.11 Å². The minimum absolute atomic E-state index is 0.666. The summed E-state index contributed by atoms with van der Waals surface area (Å²) in [5.74, 6) is 0. The molecule has 17 heavy (non-hydrogen) atoms. The molecule has 3 heterocycles. The van der Waals surface area contributed by atoms with Crippen molar-refractivity contribution in [2.24, 2.45) is 0 Å². The molecule has 0 bridgehead atoms. The largest absolute Gasteiger partial charge is 0.381 e. The smallest absolute Gasteiger partial charge is 0.137 e. The van der Waals surface area contributed by atoms with Gasteiger partial charge in [0.2, 0.25) is 0 Å². The normalized spacial score (nSPS) is 13.1. The number of aliphatic hydroxyl groups is 1. The molecule has 0 spiro atoms. The molecule has 1 N–H and O–H groups in total. The standard InChI is InChI=1S/C12H9BrN2OS/c13-8-4-6-17-12(8)11(16)9-7-15-5-2-1-3-10(15)14-9/h1-7,11,16H. The summed E-state index contributed by atoms with van der Waals surface area (Å²) >= 11 is 4.94. The van der Waals surface area contributed by atoms with Crippen molar-refractivity contribution in [2.45, 2.75) is 6.10 Å². The Kier molecular flexibility index (Phi) is 2.74. The minimum Gasteiger partial charge on any atom is -0.381 e. The van der Waals surface area contributed by atoms with Crippen LogP contribution < -0.4 is 0 Å². The van der Waals surface area contributed by atoms with Gasteiger partial charge in [-0.2, -0.15) is 0 Å². The Morgan fingerprint density at radius 3 is 2.94 bits per heavy atom. The highest BCUT2D eigenvalue weighted by atomic mass is 79.9. The SMILES string of the molecule is OC(c1cn2ccccc2n1)c1sccc1Br. The fourth-order valence-electron chi connectivity index (χ4n) is 1.72. The molecule has 0 aliphatic heterocycles. The van der Waals surface area contributed by atoms with E-state index in [1.807, 2.05) is 46.4 Å². The number of pyridine rings is 1. The third-order valence-corrected chi connectivity index (χ3v) is 4.48. The van der Waals surface area contributed by atoms with Crippen LogP contribution in [0.1, 0.15) is 16.7 Å². The maximum absolute atomic E-state index is 10.3. The molecule has 3 rings (SSSR count). The molecule has 1 unspecified atom stereocenters. The van der Waals surface area contributed by atoms with Crippen LogP contribution in [0.4, 0.5) is 0 Å². The number of nitrogens with zero attached hydrogens (tertiary/aromatic N) is 2. The number of imidazole rings is 1. The molecule has 0 fully saturated rings. The lowest BCUT2D eigenvalue weighted by Crippen LogP contribution is -1.97. The molecular weight excluding hydrogens is 300 g/mol. The molecular formula is C12H9BrN2OS. The van der Waals surface area contributed by atoms with Gasteiger partial charge < -0.3 is 9.51 Å². The second-order valence-electron chi connectivity index (χ2n) is 3.67. The van der Waals surface area contributed by atoms with E-state index < -0.39 is 6.10 Å². The van der Waals surface area contributed by atoms with E-state index in [2.05, 4.69) is 20.9 Å². The number of hydrogen-bond donors (Lipinski definition) is 1. The monoisotopic (exact) mass is 308 g/mol. The Labute approximate surface area is 110 Å². The summed E-state index contributed by atoms with van der Waals surface area (Å²) in [7, 11) is 0. The van der Waals surface area contributed by atoms with Crippen LogP contribution in [0, 0.1) is 0 Å². The van der Waals surface area contributed by atoms with Crippen molar-refractivity contribution in [3.63, 3.8) is 0 Å². The van der Waals surface area contributed by atoms with Crippen LogP contribution in [0.5, 0.6) is 0 Å². The zero-order chi connectivity index (χ0) is 11.8. The van der Waals surface area contributed by atoms with Crippen LogP contribution in [0.15, 0.2) is 46.5 Å². The Morgan fingerprint density at radius 1 is 1.35 bits per heavy atom. The van der Waals surface area contributed by atoms with Gasteiger partial charge >= 0.3 is 0 Å². The molecule has 0 amide bonds. The lowest BCUT2D eigenvalue weighted by atomic mass is 10.2. The fourth-order valence-corrected chi connectivity index (χ4v) is 3.31. The van der Waals surface area contributed by atoms with Crippen molar-refractivity contribution in [1.82, 2.24) is 9.38 Å². The van der Waals surface area contributed by atoms with Crippen LogP contribution in [0.3, 0.4) is 0 Å². The Bertz CT molecular complexity index is 628. The van der Waals surface area contributed by atoms with Crippen LogP contribution in [-0.2, 0) is 0 Å². The number of rotatable bonds is 2. The molecule has 0 aliphatic carbocycles. The summed E-state index contributed by atoms with van der Waals surface area (Å²) in [6, 6.07) is 7.71. The number of hydrogen-bond acceptors (Lipinski definition) is 3. The minimum atomic E-state index is -0.677.